The Labute approximate surface area is 71.4 Å². The fourth-order valence-corrected chi connectivity index (χ4v) is 1.17. The van der Waals surface area contributed by atoms with Gasteiger partial charge in [-0.2, -0.15) is 4.98 Å². The molecule has 0 aromatic carbocycles. The Morgan fingerprint density at radius 2 is 2.27 bits per heavy atom. The molecule has 0 saturated carbocycles. The van der Waals surface area contributed by atoms with Crippen LogP contribution in [0.25, 0.3) is 5.78 Å². The van der Waals surface area contributed by atoms with Crippen LogP contribution in [-0.4, -0.2) is 19.6 Å². The van der Waals surface area contributed by atoms with E-state index in [0.29, 0.717) is 10.5 Å². The normalized spacial score (nSPS) is 10.7. The van der Waals surface area contributed by atoms with Crippen LogP contribution < -0.4 is 0 Å². The molecule has 0 aliphatic heterocycles. The number of aryl methyl sites for hydroxylation is 1. The topological polar surface area (TPSA) is 43.1 Å². The highest BCUT2D eigenvalue weighted by atomic mass is 79.9. The maximum Gasteiger partial charge on any atom is 0.253 e. The van der Waals surface area contributed by atoms with E-state index in [4.69, 9.17) is 0 Å². The molecule has 2 aromatic heterocycles. The number of hydrogen-bond acceptors (Lipinski definition) is 3. The highest BCUT2D eigenvalue weighted by Crippen LogP contribution is 2.04. The van der Waals surface area contributed by atoms with Gasteiger partial charge in [-0.05, 0) is 28.9 Å². The second kappa shape index (κ2) is 2.27. The molecule has 0 aliphatic carbocycles. The van der Waals surface area contributed by atoms with Gasteiger partial charge in [0.2, 0.25) is 4.73 Å². The minimum atomic E-state index is 0.565. The first-order valence-electron chi connectivity index (χ1n) is 3.11. The number of halogens is 1. The lowest BCUT2D eigenvalue weighted by molar-refractivity contribution is 0.919. The fourth-order valence-electron chi connectivity index (χ4n) is 0.839. The molecule has 0 aliphatic rings. The predicted molar refractivity (Wildman–Crippen MR) is 43.2 cm³/mol. The zero-order chi connectivity index (χ0) is 7.84. The molecular formula is C6H5BrN4. The number of rotatable bonds is 0. The molecule has 2 heterocycles. The molecule has 5 heteroatoms. The SMILES string of the molecule is Cc1ccn2nc(Br)nc2n1. The van der Waals surface area contributed by atoms with Crippen LogP contribution in [0.5, 0.6) is 0 Å². The average Bonchev–Trinajstić information content (AvgIpc) is 2.27. The molecule has 0 N–H and O–H groups in total. The van der Waals surface area contributed by atoms with Crippen molar-refractivity contribution in [2.45, 2.75) is 6.92 Å². The van der Waals surface area contributed by atoms with Crippen molar-refractivity contribution in [3.05, 3.63) is 22.7 Å². The summed E-state index contributed by atoms with van der Waals surface area (Å²) in [6, 6.07) is 1.88. The lowest BCUT2D eigenvalue weighted by Gasteiger charge is -1.89. The quantitative estimate of drug-likeness (QED) is 0.660. The first kappa shape index (κ1) is 6.72. The molecule has 56 valence electrons. The Hall–Kier alpha value is -0.970. The summed E-state index contributed by atoms with van der Waals surface area (Å²) in [4.78, 5) is 8.19. The Morgan fingerprint density at radius 1 is 1.45 bits per heavy atom. The van der Waals surface area contributed by atoms with Gasteiger partial charge in [0.05, 0.1) is 0 Å². The largest absolute Gasteiger partial charge is 0.253 e. The van der Waals surface area contributed by atoms with E-state index in [0.717, 1.165) is 5.69 Å². The zero-order valence-corrected chi connectivity index (χ0v) is 7.41. The van der Waals surface area contributed by atoms with Crippen molar-refractivity contribution in [2.75, 3.05) is 0 Å². The molecule has 0 unspecified atom stereocenters. The van der Waals surface area contributed by atoms with Crippen LogP contribution in [0.2, 0.25) is 0 Å². The molecule has 0 atom stereocenters. The first-order valence-corrected chi connectivity index (χ1v) is 3.90. The summed E-state index contributed by atoms with van der Waals surface area (Å²) in [5, 5.41) is 4.01. The third-order valence-electron chi connectivity index (χ3n) is 1.32. The van der Waals surface area contributed by atoms with Crippen molar-refractivity contribution in [3.8, 4) is 0 Å². The average molecular weight is 213 g/mol. The van der Waals surface area contributed by atoms with Crippen molar-refractivity contribution in [3.63, 3.8) is 0 Å². The Balaban J connectivity index is 2.82. The van der Waals surface area contributed by atoms with Gasteiger partial charge >= 0.3 is 0 Å². The minimum absolute atomic E-state index is 0.565. The predicted octanol–water partition coefficient (Wildman–Crippen LogP) is 1.20. The molecular weight excluding hydrogens is 208 g/mol. The lowest BCUT2D eigenvalue weighted by Crippen LogP contribution is -1.90. The Kier molecular flexibility index (Phi) is 1.38. The fraction of sp³-hybridized carbons (Fsp3) is 0.167. The van der Waals surface area contributed by atoms with Gasteiger partial charge in [-0.1, -0.05) is 0 Å². The molecule has 0 saturated heterocycles. The summed E-state index contributed by atoms with van der Waals surface area (Å²) in [6.07, 6.45) is 1.83. The summed E-state index contributed by atoms with van der Waals surface area (Å²) < 4.78 is 2.19. The van der Waals surface area contributed by atoms with Crippen LogP contribution in [0, 0.1) is 6.92 Å². The molecule has 0 fully saturated rings. The highest BCUT2D eigenvalue weighted by Gasteiger charge is 1.99. The number of fused-ring (bicyclic) bond motifs is 1. The van der Waals surface area contributed by atoms with E-state index in [1.807, 2.05) is 19.2 Å². The van der Waals surface area contributed by atoms with Crippen molar-refractivity contribution in [1.29, 1.82) is 0 Å². The monoisotopic (exact) mass is 212 g/mol. The molecule has 0 spiro atoms. The van der Waals surface area contributed by atoms with Gasteiger partial charge in [0.1, 0.15) is 0 Å². The summed E-state index contributed by atoms with van der Waals surface area (Å²) in [7, 11) is 0. The smallest absolute Gasteiger partial charge is 0.216 e. The van der Waals surface area contributed by atoms with E-state index in [9.17, 15) is 0 Å². The van der Waals surface area contributed by atoms with E-state index in [1.165, 1.54) is 0 Å². The van der Waals surface area contributed by atoms with E-state index in [1.54, 1.807) is 4.52 Å². The number of nitrogens with zero attached hydrogens (tertiary/aromatic N) is 4. The van der Waals surface area contributed by atoms with Crippen molar-refractivity contribution >= 4 is 21.7 Å². The van der Waals surface area contributed by atoms with Crippen LogP contribution >= 0.6 is 15.9 Å². The maximum absolute atomic E-state index is 4.16. The maximum atomic E-state index is 4.16. The molecule has 0 radical (unpaired) electrons. The van der Waals surface area contributed by atoms with Crippen LogP contribution in [-0.2, 0) is 0 Å². The van der Waals surface area contributed by atoms with E-state index in [2.05, 4.69) is 31.0 Å². The summed E-state index contributed by atoms with van der Waals surface area (Å²) in [5.74, 6) is 0.622. The number of hydrogen-bond donors (Lipinski definition) is 0. The number of aromatic nitrogens is 4. The second-order valence-corrected chi connectivity index (χ2v) is 2.90. The standard InChI is InChI=1S/C6H5BrN4/c1-4-2-3-11-6(8-4)9-5(7)10-11/h2-3H,1H3. The van der Waals surface area contributed by atoms with Crippen LogP contribution in [0.1, 0.15) is 5.69 Å². The lowest BCUT2D eigenvalue weighted by atomic mass is 10.5. The summed E-state index contributed by atoms with van der Waals surface area (Å²) >= 11 is 3.17. The van der Waals surface area contributed by atoms with Crippen LogP contribution in [0.15, 0.2) is 17.0 Å². The van der Waals surface area contributed by atoms with Gasteiger partial charge in [0.25, 0.3) is 5.78 Å². The van der Waals surface area contributed by atoms with Gasteiger partial charge in [0.15, 0.2) is 0 Å². The van der Waals surface area contributed by atoms with E-state index < -0.39 is 0 Å². The third kappa shape index (κ3) is 1.11. The third-order valence-corrected chi connectivity index (χ3v) is 1.66. The Bertz CT molecular complexity index is 394. The molecule has 4 nitrogen and oxygen atoms in total. The Morgan fingerprint density at radius 3 is 3.09 bits per heavy atom. The van der Waals surface area contributed by atoms with Gasteiger partial charge in [-0.15, -0.1) is 5.10 Å². The van der Waals surface area contributed by atoms with Gasteiger partial charge < -0.3 is 0 Å². The van der Waals surface area contributed by atoms with Crippen molar-refractivity contribution in [1.82, 2.24) is 19.6 Å². The molecule has 0 bridgehead atoms. The van der Waals surface area contributed by atoms with Gasteiger partial charge in [0, 0.05) is 11.9 Å². The van der Waals surface area contributed by atoms with E-state index >= 15 is 0 Å². The van der Waals surface area contributed by atoms with Crippen molar-refractivity contribution < 1.29 is 0 Å². The van der Waals surface area contributed by atoms with Crippen LogP contribution in [0.4, 0.5) is 0 Å². The van der Waals surface area contributed by atoms with Crippen molar-refractivity contribution in [2.24, 2.45) is 0 Å². The summed E-state index contributed by atoms with van der Waals surface area (Å²) in [5.41, 5.74) is 0.942. The molecule has 11 heavy (non-hydrogen) atoms. The zero-order valence-electron chi connectivity index (χ0n) is 5.82. The molecule has 0 amide bonds. The second-order valence-electron chi connectivity index (χ2n) is 2.19. The highest BCUT2D eigenvalue weighted by molar-refractivity contribution is 9.10. The van der Waals surface area contributed by atoms with Crippen LogP contribution in [0.3, 0.4) is 0 Å². The van der Waals surface area contributed by atoms with Gasteiger partial charge in [-0.25, -0.2) is 9.50 Å². The summed E-state index contributed by atoms with van der Waals surface area (Å²) in [6.45, 7) is 1.92. The molecule has 2 aromatic rings. The first-order chi connectivity index (χ1) is 5.25. The molecule has 2 rings (SSSR count). The minimum Gasteiger partial charge on any atom is -0.216 e. The van der Waals surface area contributed by atoms with E-state index in [-0.39, 0.29) is 0 Å². The van der Waals surface area contributed by atoms with Gasteiger partial charge in [-0.3, -0.25) is 0 Å².